The number of hydrogen-bond donors (Lipinski definition) is 6. The van der Waals surface area contributed by atoms with Crippen LogP contribution in [-0.4, -0.2) is 31.5 Å². The van der Waals surface area contributed by atoms with Gasteiger partial charge in [0.15, 0.2) is 17.1 Å². The number of hydrogen-bond acceptors (Lipinski definition) is 8. The fourth-order valence-corrected chi connectivity index (χ4v) is 0.938. The molecule has 0 aromatic heterocycles. The van der Waals surface area contributed by atoms with Crippen LogP contribution in [0.2, 0.25) is 0 Å². The number of phenolic OH excluding ortho intramolecular Hbond substituents is 5. The van der Waals surface area contributed by atoms with E-state index in [1.54, 1.807) is 0 Å². The van der Waals surface area contributed by atoms with Crippen LogP contribution in [-0.2, 0) is 4.84 Å². The van der Waals surface area contributed by atoms with Gasteiger partial charge < -0.3 is 30.4 Å². The van der Waals surface area contributed by atoms with Gasteiger partial charge in [0.05, 0.1) is 0 Å². The lowest BCUT2D eigenvalue weighted by Crippen LogP contribution is -2.10. The minimum Gasteiger partial charge on any atom is -0.503 e. The van der Waals surface area contributed by atoms with Crippen molar-refractivity contribution < 1.29 is 35.2 Å². The molecule has 0 saturated heterocycles. The Morgan fingerprint density at radius 3 is 1.53 bits per heavy atom. The van der Waals surface area contributed by atoms with Gasteiger partial charge in [0, 0.05) is 0 Å². The maximum Gasteiger partial charge on any atom is 0.364 e. The number of carbonyl (C=O) groups excluding carboxylic acids is 1. The van der Waals surface area contributed by atoms with Crippen molar-refractivity contribution >= 4 is 5.97 Å². The zero-order valence-electron chi connectivity index (χ0n) is 7.13. The third-order valence-electron chi connectivity index (χ3n) is 1.68. The van der Waals surface area contributed by atoms with Crippen LogP contribution < -0.4 is 5.90 Å². The van der Waals surface area contributed by atoms with Crippen LogP contribution in [0.5, 0.6) is 28.7 Å². The number of aromatic hydroxyl groups is 5. The van der Waals surface area contributed by atoms with Gasteiger partial charge in [0.1, 0.15) is 0 Å². The Kier molecular flexibility index (Phi) is 2.45. The second kappa shape index (κ2) is 3.42. The highest BCUT2D eigenvalue weighted by atomic mass is 16.7. The summed E-state index contributed by atoms with van der Waals surface area (Å²) >= 11 is 0. The fourth-order valence-electron chi connectivity index (χ4n) is 0.938. The van der Waals surface area contributed by atoms with Crippen LogP contribution in [0.25, 0.3) is 0 Å². The molecule has 7 N–H and O–H groups in total. The smallest absolute Gasteiger partial charge is 0.364 e. The van der Waals surface area contributed by atoms with Gasteiger partial charge >= 0.3 is 5.97 Å². The minimum absolute atomic E-state index is 0.953. The molecule has 1 rings (SSSR count). The highest BCUT2D eigenvalue weighted by Crippen LogP contribution is 2.50. The monoisotopic (exact) mass is 217 g/mol. The molecule has 0 saturated carbocycles. The number of phenols is 5. The second-order valence-electron chi connectivity index (χ2n) is 2.52. The first-order valence-electron chi connectivity index (χ1n) is 3.51. The molecule has 0 aliphatic carbocycles. The first kappa shape index (κ1) is 10.7. The highest BCUT2D eigenvalue weighted by molar-refractivity contribution is 5.98. The molecule has 8 heteroatoms. The average molecular weight is 217 g/mol. The SMILES string of the molecule is NOC(=O)c1c(O)c(O)c(O)c(O)c1O. The Hall–Kier alpha value is -2.35. The molecule has 0 aliphatic rings. The number of carbonyl (C=O) groups is 1. The first-order chi connectivity index (χ1) is 6.91. The quantitative estimate of drug-likeness (QED) is 0.204. The molecule has 0 amide bonds. The van der Waals surface area contributed by atoms with Crippen LogP contribution in [0.4, 0.5) is 0 Å². The van der Waals surface area contributed by atoms with Crippen LogP contribution in [0.1, 0.15) is 10.4 Å². The Morgan fingerprint density at radius 2 is 1.20 bits per heavy atom. The molecule has 15 heavy (non-hydrogen) atoms. The maximum atomic E-state index is 10.9. The predicted molar refractivity (Wildman–Crippen MR) is 44.4 cm³/mol. The van der Waals surface area contributed by atoms with Crippen LogP contribution in [0, 0.1) is 0 Å². The van der Waals surface area contributed by atoms with Crippen molar-refractivity contribution in [2.75, 3.05) is 0 Å². The van der Waals surface area contributed by atoms with E-state index in [-0.39, 0.29) is 0 Å². The summed E-state index contributed by atoms with van der Waals surface area (Å²) < 4.78 is 0. The van der Waals surface area contributed by atoms with E-state index in [2.05, 4.69) is 10.7 Å². The van der Waals surface area contributed by atoms with Crippen molar-refractivity contribution in [3.63, 3.8) is 0 Å². The number of nitrogens with two attached hydrogens (primary N) is 1. The normalized spacial score (nSPS) is 9.93. The van der Waals surface area contributed by atoms with Crippen molar-refractivity contribution in [1.29, 1.82) is 0 Å². The summed E-state index contributed by atoms with van der Waals surface area (Å²) in [5.74, 6) is -2.74. The lowest BCUT2D eigenvalue weighted by Gasteiger charge is -2.09. The predicted octanol–water partition coefficient (Wildman–Crippen LogP) is -0.755. The molecule has 0 fully saturated rings. The summed E-state index contributed by atoms with van der Waals surface area (Å²) in [6.07, 6.45) is 0. The summed E-state index contributed by atoms with van der Waals surface area (Å²) in [6.45, 7) is 0. The van der Waals surface area contributed by atoms with Crippen LogP contribution in [0.15, 0.2) is 0 Å². The van der Waals surface area contributed by atoms with Crippen LogP contribution in [0.3, 0.4) is 0 Å². The van der Waals surface area contributed by atoms with E-state index in [1.807, 2.05) is 0 Å². The molecule has 0 aliphatic heterocycles. The van der Waals surface area contributed by atoms with Gasteiger partial charge in [0.25, 0.3) is 0 Å². The van der Waals surface area contributed by atoms with Gasteiger partial charge in [0.2, 0.25) is 17.2 Å². The topological polar surface area (TPSA) is 153 Å². The Morgan fingerprint density at radius 1 is 0.867 bits per heavy atom. The van der Waals surface area contributed by atoms with Gasteiger partial charge in [-0.1, -0.05) is 0 Å². The minimum atomic E-state index is -1.39. The Bertz CT molecular complexity index is 399. The molecule has 0 radical (unpaired) electrons. The van der Waals surface area contributed by atoms with Gasteiger partial charge in [-0.15, -0.1) is 0 Å². The number of benzene rings is 1. The van der Waals surface area contributed by atoms with Gasteiger partial charge in [-0.3, -0.25) is 0 Å². The summed E-state index contributed by atoms with van der Waals surface area (Å²) in [5, 5.41) is 45.3. The maximum absolute atomic E-state index is 10.9. The van der Waals surface area contributed by atoms with Crippen molar-refractivity contribution in [1.82, 2.24) is 0 Å². The molecule has 0 bridgehead atoms. The summed E-state index contributed by atoms with van der Waals surface area (Å²) in [7, 11) is 0. The van der Waals surface area contributed by atoms with Gasteiger partial charge in [-0.05, 0) is 0 Å². The molecule has 0 heterocycles. The molecule has 1 aromatic rings. The van der Waals surface area contributed by atoms with E-state index < -0.39 is 40.3 Å². The Labute approximate surface area is 82.3 Å². The first-order valence-corrected chi connectivity index (χ1v) is 3.51. The third kappa shape index (κ3) is 1.42. The average Bonchev–Trinajstić information content (AvgIpc) is 2.23. The summed E-state index contributed by atoms with van der Waals surface area (Å²) in [5.41, 5.74) is -0.953. The van der Waals surface area contributed by atoms with E-state index >= 15 is 0 Å². The Balaban J connectivity index is 3.60. The van der Waals surface area contributed by atoms with Crippen LogP contribution >= 0.6 is 0 Å². The number of rotatable bonds is 1. The second-order valence-corrected chi connectivity index (χ2v) is 2.52. The van der Waals surface area contributed by atoms with Gasteiger partial charge in [-0.2, -0.15) is 5.90 Å². The van der Waals surface area contributed by atoms with E-state index in [0.717, 1.165) is 0 Å². The van der Waals surface area contributed by atoms with E-state index in [9.17, 15) is 4.79 Å². The summed E-state index contributed by atoms with van der Waals surface area (Å²) in [4.78, 5) is 14.6. The molecule has 82 valence electrons. The molecule has 0 spiro atoms. The third-order valence-corrected chi connectivity index (χ3v) is 1.68. The van der Waals surface area contributed by atoms with E-state index in [4.69, 9.17) is 25.5 Å². The molecular formula is C7H7NO7. The van der Waals surface area contributed by atoms with E-state index in [0.29, 0.717) is 0 Å². The molecule has 8 nitrogen and oxygen atoms in total. The van der Waals surface area contributed by atoms with Crippen molar-refractivity contribution in [3.05, 3.63) is 5.56 Å². The molecule has 1 aromatic carbocycles. The zero-order chi connectivity index (χ0) is 11.7. The molecular weight excluding hydrogens is 210 g/mol. The van der Waals surface area contributed by atoms with Crippen molar-refractivity contribution in [3.8, 4) is 28.7 Å². The molecule has 0 unspecified atom stereocenters. The lowest BCUT2D eigenvalue weighted by molar-refractivity contribution is 0.0494. The highest BCUT2D eigenvalue weighted by Gasteiger charge is 2.28. The lowest BCUT2D eigenvalue weighted by atomic mass is 10.1. The standard InChI is InChI=1S/C7H7NO7/c8-15-7(14)1-2(9)4(11)6(13)5(12)3(1)10/h9-13H,8H2. The zero-order valence-corrected chi connectivity index (χ0v) is 7.13. The largest absolute Gasteiger partial charge is 0.503 e. The summed E-state index contributed by atoms with van der Waals surface area (Å²) in [6, 6.07) is 0. The van der Waals surface area contributed by atoms with Gasteiger partial charge in [-0.25, -0.2) is 4.79 Å². The van der Waals surface area contributed by atoms with Crippen molar-refractivity contribution in [2.24, 2.45) is 5.90 Å². The van der Waals surface area contributed by atoms with Crippen molar-refractivity contribution in [2.45, 2.75) is 0 Å². The molecule has 0 atom stereocenters. The fraction of sp³-hybridized carbons (Fsp3) is 0. The van der Waals surface area contributed by atoms with E-state index in [1.165, 1.54) is 0 Å².